The topological polar surface area (TPSA) is 20.3 Å². The Bertz CT molecular complexity index is 534. The number of hydrogen-bond donors (Lipinski definition) is 0. The van der Waals surface area contributed by atoms with E-state index in [-0.39, 0.29) is 5.41 Å². The van der Waals surface area contributed by atoms with Crippen molar-refractivity contribution in [1.82, 2.24) is 0 Å². The minimum absolute atomic E-state index is 0.0866. The molecular formula is C17H21NO. The SMILES string of the molecule is CCC1=C[C@@]2(CC=O)c3ccccc3N(C)[C@H]2CC1. The van der Waals surface area contributed by atoms with Gasteiger partial charge in [0.1, 0.15) is 6.29 Å². The summed E-state index contributed by atoms with van der Waals surface area (Å²) in [5, 5.41) is 0. The highest BCUT2D eigenvalue weighted by molar-refractivity contribution is 5.70. The monoisotopic (exact) mass is 255 g/mol. The van der Waals surface area contributed by atoms with Crippen LogP contribution in [-0.4, -0.2) is 19.4 Å². The normalized spacial score (nSPS) is 28.6. The molecule has 1 aliphatic carbocycles. The fourth-order valence-corrected chi connectivity index (χ4v) is 3.97. The summed E-state index contributed by atoms with van der Waals surface area (Å²) in [6, 6.07) is 9.00. The molecule has 3 rings (SSSR count). The third-order valence-corrected chi connectivity index (χ3v) is 4.92. The van der Waals surface area contributed by atoms with Gasteiger partial charge in [-0.05, 0) is 30.9 Å². The first kappa shape index (κ1) is 12.5. The number of likely N-dealkylation sites (N-methyl/N-ethyl adjacent to an activating group) is 1. The molecule has 0 radical (unpaired) electrons. The van der Waals surface area contributed by atoms with E-state index in [0.717, 1.165) is 19.1 Å². The van der Waals surface area contributed by atoms with Crippen LogP contribution >= 0.6 is 0 Å². The zero-order valence-corrected chi connectivity index (χ0v) is 11.7. The van der Waals surface area contributed by atoms with Crippen LogP contribution < -0.4 is 4.90 Å². The molecule has 0 saturated carbocycles. The van der Waals surface area contributed by atoms with Crippen LogP contribution in [0.25, 0.3) is 0 Å². The predicted molar refractivity (Wildman–Crippen MR) is 78.6 cm³/mol. The van der Waals surface area contributed by atoms with E-state index in [4.69, 9.17) is 0 Å². The van der Waals surface area contributed by atoms with E-state index in [1.165, 1.54) is 23.2 Å². The molecule has 2 nitrogen and oxygen atoms in total. The molecule has 2 atom stereocenters. The molecule has 1 aromatic carbocycles. The average Bonchev–Trinajstić information content (AvgIpc) is 2.69. The van der Waals surface area contributed by atoms with Crippen molar-refractivity contribution in [2.24, 2.45) is 0 Å². The number of carbonyl (C=O) groups excluding carboxylic acids is 1. The Kier molecular flexibility index (Phi) is 2.96. The lowest BCUT2D eigenvalue weighted by atomic mass is 9.68. The highest BCUT2D eigenvalue weighted by Crippen LogP contribution is 2.51. The van der Waals surface area contributed by atoms with Crippen molar-refractivity contribution in [2.45, 2.75) is 44.1 Å². The Morgan fingerprint density at radius 3 is 2.95 bits per heavy atom. The molecule has 1 heterocycles. The first-order valence-electron chi connectivity index (χ1n) is 7.19. The van der Waals surface area contributed by atoms with Crippen molar-refractivity contribution >= 4 is 12.0 Å². The zero-order valence-electron chi connectivity index (χ0n) is 11.7. The number of anilines is 1. The summed E-state index contributed by atoms with van der Waals surface area (Å²) < 4.78 is 0. The summed E-state index contributed by atoms with van der Waals surface area (Å²) >= 11 is 0. The molecule has 0 amide bonds. The van der Waals surface area contributed by atoms with E-state index in [0.29, 0.717) is 12.5 Å². The number of fused-ring (bicyclic) bond motifs is 3. The molecule has 0 bridgehead atoms. The Hall–Kier alpha value is -1.57. The third-order valence-electron chi connectivity index (χ3n) is 4.92. The number of nitrogens with zero attached hydrogens (tertiary/aromatic N) is 1. The number of allylic oxidation sites excluding steroid dienone is 1. The van der Waals surface area contributed by atoms with E-state index in [1.54, 1.807) is 0 Å². The molecule has 0 spiro atoms. The second-order valence-corrected chi connectivity index (χ2v) is 5.75. The summed E-state index contributed by atoms with van der Waals surface area (Å²) in [7, 11) is 2.17. The number of carbonyl (C=O) groups is 1. The summed E-state index contributed by atoms with van der Waals surface area (Å²) in [4.78, 5) is 13.7. The lowest BCUT2D eigenvalue weighted by Gasteiger charge is -2.39. The minimum Gasteiger partial charge on any atom is -0.370 e. The molecule has 100 valence electrons. The van der Waals surface area contributed by atoms with Gasteiger partial charge >= 0.3 is 0 Å². The number of hydrogen-bond acceptors (Lipinski definition) is 2. The molecule has 19 heavy (non-hydrogen) atoms. The lowest BCUT2D eigenvalue weighted by Crippen LogP contribution is -2.44. The van der Waals surface area contributed by atoms with Crippen LogP contribution in [-0.2, 0) is 10.2 Å². The fraction of sp³-hybridized carbons (Fsp3) is 0.471. The van der Waals surface area contributed by atoms with Gasteiger partial charge in [0.05, 0.1) is 0 Å². The van der Waals surface area contributed by atoms with Gasteiger partial charge in [-0.3, -0.25) is 0 Å². The fourth-order valence-electron chi connectivity index (χ4n) is 3.97. The molecule has 0 unspecified atom stereocenters. The second-order valence-electron chi connectivity index (χ2n) is 5.75. The molecule has 2 aliphatic rings. The first-order chi connectivity index (χ1) is 9.23. The van der Waals surface area contributed by atoms with Crippen molar-refractivity contribution < 1.29 is 4.79 Å². The van der Waals surface area contributed by atoms with Gasteiger partial charge < -0.3 is 9.69 Å². The summed E-state index contributed by atoms with van der Waals surface area (Å²) in [5.74, 6) is 0. The van der Waals surface area contributed by atoms with Gasteiger partial charge in [0.2, 0.25) is 0 Å². The van der Waals surface area contributed by atoms with Gasteiger partial charge in [0, 0.05) is 30.6 Å². The largest absolute Gasteiger partial charge is 0.370 e. The van der Waals surface area contributed by atoms with Crippen LogP contribution in [0.15, 0.2) is 35.9 Å². The molecule has 0 N–H and O–H groups in total. The lowest BCUT2D eigenvalue weighted by molar-refractivity contribution is -0.108. The maximum absolute atomic E-state index is 11.3. The zero-order chi connectivity index (χ0) is 13.5. The van der Waals surface area contributed by atoms with E-state index in [9.17, 15) is 4.79 Å². The molecular weight excluding hydrogens is 234 g/mol. The second kappa shape index (κ2) is 4.52. The van der Waals surface area contributed by atoms with Crippen molar-refractivity contribution in [2.75, 3.05) is 11.9 Å². The van der Waals surface area contributed by atoms with Crippen molar-refractivity contribution in [3.8, 4) is 0 Å². The van der Waals surface area contributed by atoms with Crippen molar-refractivity contribution in [3.05, 3.63) is 41.5 Å². The van der Waals surface area contributed by atoms with Gasteiger partial charge in [0.15, 0.2) is 0 Å². The maximum atomic E-state index is 11.3. The van der Waals surface area contributed by atoms with Gasteiger partial charge in [-0.1, -0.05) is 36.8 Å². The summed E-state index contributed by atoms with van der Waals surface area (Å²) in [6.45, 7) is 2.21. The highest BCUT2D eigenvalue weighted by atomic mass is 16.1. The van der Waals surface area contributed by atoms with E-state index >= 15 is 0 Å². The van der Waals surface area contributed by atoms with Crippen molar-refractivity contribution in [1.29, 1.82) is 0 Å². The summed E-state index contributed by atoms with van der Waals surface area (Å²) in [5.41, 5.74) is 4.04. The van der Waals surface area contributed by atoms with Gasteiger partial charge in [0.25, 0.3) is 0 Å². The van der Waals surface area contributed by atoms with Gasteiger partial charge in [-0.15, -0.1) is 0 Å². The molecule has 0 fully saturated rings. The number of aldehydes is 1. The maximum Gasteiger partial charge on any atom is 0.121 e. The number of benzene rings is 1. The van der Waals surface area contributed by atoms with Crippen LogP contribution in [0.1, 0.15) is 38.2 Å². The van der Waals surface area contributed by atoms with Crippen molar-refractivity contribution in [3.63, 3.8) is 0 Å². The van der Waals surface area contributed by atoms with E-state index in [2.05, 4.69) is 49.2 Å². The van der Waals surface area contributed by atoms with Gasteiger partial charge in [-0.25, -0.2) is 0 Å². The molecule has 1 aromatic rings. The first-order valence-corrected chi connectivity index (χ1v) is 7.19. The Morgan fingerprint density at radius 1 is 1.42 bits per heavy atom. The van der Waals surface area contributed by atoms with Crippen LogP contribution in [0.3, 0.4) is 0 Å². The number of para-hydroxylation sites is 1. The molecule has 2 heteroatoms. The molecule has 0 saturated heterocycles. The standard InChI is InChI=1S/C17H21NO/c1-3-13-8-9-16-17(12-13,10-11-19)14-6-4-5-7-15(14)18(16)2/h4-7,11-12,16H,3,8-10H2,1-2H3/t16-,17-/m0/s1. The quantitative estimate of drug-likeness (QED) is 0.609. The smallest absolute Gasteiger partial charge is 0.121 e. The highest BCUT2D eigenvalue weighted by Gasteiger charge is 2.49. The average molecular weight is 255 g/mol. The summed E-state index contributed by atoms with van der Waals surface area (Å²) in [6.07, 6.45) is 7.51. The molecule has 1 aliphatic heterocycles. The number of rotatable bonds is 3. The van der Waals surface area contributed by atoms with Crippen LogP contribution in [0.4, 0.5) is 5.69 Å². The van der Waals surface area contributed by atoms with Crippen LogP contribution in [0.2, 0.25) is 0 Å². The van der Waals surface area contributed by atoms with E-state index in [1.807, 2.05) is 0 Å². The van der Waals surface area contributed by atoms with Crippen LogP contribution in [0.5, 0.6) is 0 Å². The Labute approximate surface area is 115 Å². The van der Waals surface area contributed by atoms with Gasteiger partial charge in [-0.2, -0.15) is 0 Å². The third kappa shape index (κ3) is 1.66. The predicted octanol–water partition coefficient (Wildman–Crippen LogP) is 3.46. The molecule has 0 aromatic heterocycles. The van der Waals surface area contributed by atoms with Crippen LogP contribution in [0, 0.1) is 0 Å². The Morgan fingerprint density at radius 2 is 2.21 bits per heavy atom. The van der Waals surface area contributed by atoms with E-state index < -0.39 is 0 Å². The minimum atomic E-state index is -0.0866. The Balaban J connectivity index is 2.20.